The second-order valence-electron chi connectivity index (χ2n) is 6.18. The van der Waals surface area contributed by atoms with Crippen LogP contribution in [0.3, 0.4) is 0 Å². The van der Waals surface area contributed by atoms with E-state index >= 15 is 0 Å². The maximum Gasteiger partial charge on any atom is 0.198 e. The number of nitrogens with zero attached hydrogens (tertiary/aromatic N) is 3. The van der Waals surface area contributed by atoms with Gasteiger partial charge in [-0.3, -0.25) is 9.78 Å². The lowest BCUT2D eigenvalue weighted by Crippen LogP contribution is -2.08. The summed E-state index contributed by atoms with van der Waals surface area (Å²) >= 11 is 0. The monoisotopic (exact) mass is 386 g/mol. The van der Waals surface area contributed by atoms with E-state index in [9.17, 15) is 4.79 Å². The number of rotatable bonds is 5. The number of carbonyl (C=O) groups is 1. The SMILES string of the molecule is C.COc1ccccc1-n1ncc(C(=O)c2cccc(-c3cccnc3)c2)c1N. The van der Waals surface area contributed by atoms with E-state index < -0.39 is 0 Å². The van der Waals surface area contributed by atoms with Crippen LogP contribution in [-0.4, -0.2) is 27.7 Å². The number of hydrogen-bond acceptors (Lipinski definition) is 5. The highest BCUT2D eigenvalue weighted by Gasteiger charge is 2.19. The summed E-state index contributed by atoms with van der Waals surface area (Å²) in [5, 5.41) is 4.30. The van der Waals surface area contributed by atoms with Crippen LogP contribution in [0.15, 0.2) is 79.3 Å². The van der Waals surface area contributed by atoms with Crippen molar-refractivity contribution in [3.05, 3.63) is 90.4 Å². The van der Waals surface area contributed by atoms with Gasteiger partial charge in [-0.1, -0.05) is 43.8 Å². The molecule has 2 heterocycles. The molecule has 0 bridgehead atoms. The predicted octanol–water partition coefficient (Wildman–Crippen LogP) is 4.39. The number of nitrogens with two attached hydrogens (primary N) is 1. The Labute approximate surface area is 169 Å². The number of nitrogen functional groups attached to an aromatic ring is 1. The van der Waals surface area contributed by atoms with Crippen molar-refractivity contribution < 1.29 is 9.53 Å². The molecule has 2 N–H and O–H groups in total. The number of pyridine rings is 1. The molecule has 0 aliphatic heterocycles. The average molecular weight is 386 g/mol. The minimum absolute atomic E-state index is 0. The third kappa shape index (κ3) is 3.73. The Morgan fingerprint density at radius 3 is 2.55 bits per heavy atom. The van der Waals surface area contributed by atoms with E-state index in [0.29, 0.717) is 22.6 Å². The summed E-state index contributed by atoms with van der Waals surface area (Å²) in [6.45, 7) is 0. The molecular formula is C23H22N4O2. The van der Waals surface area contributed by atoms with Gasteiger partial charge in [-0.05, 0) is 29.8 Å². The highest BCUT2D eigenvalue weighted by molar-refractivity contribution is 6.12. The second-order valence-corrected chi connectivity index (χ2v) is 6.18. The summed E-state index contributed by atoms with van der Waals surface area (Å²) < 4.78 is 6.88. The molecule has 2 aromatic carbocycles. The number of methoxy groups -OCH3 is 1. The first-order valence-corrected chi connectivity index (χ1v) is 8.71. The fourth-order valence-corrected chi connectivity index (χ4v) is 3.06. The van der Waals surface area contributed by atoms with Crippen molar-refractivity contribution in [3.8, 4) is 22.6 Å². The van der Waals surface area contributed by atoms with Gasteiger partial charge in [0.25, 0.3) is 0 Å². The first kappa shape index (κ1) is 19.8. The quantitative estimate of drug-likeness (QED) is 0.514. The lowest BCUT2D eigenvalue weighted by Gasteiger charge is -2.10. The molecule has 0 aliphatic rings. The molecule has 0 atom stereocenters. The highest BCUT2D eigenvalue weighted by atomic mass is 16.5. The van der Waals surface area contributed by atoms with Crippen LogP contribution in [0, 0.1) is 0 Å². The first-order chi connectivity index (χ1) is 13.7. The lowest BCUT2D eigenvalue weighted by atomic mass is 10.00. The molecule has 0 fully saturated rings. The maximum atomic E-state index is 13.1. The van der Waals surface area contributed by atoms with Crippen LogP contribution in [0.25, 0.3) is 16.8 Å². The van der Waals surface area contributed by atoms with Gasteiger partial charge in [0.15, 0.2) is 5.78 Å². The molecule has 0 amide bonds. The molecule has 6 nitrogen and oxygen atoms in total. The first-order valence-electron chi connectivity index (χ1n) is 8.71. The fraction of sp³-hybridized carbons (Fsp3) is 0.0870. The Bertz CT molecular complexity index is 1140. The topological polar surface area (TPSA) is 83.0 Å². The van der Waals surface area contributed by atoms with Crippen LogP contribution in [0.2, 0.25) is 0 Å². The number of carbonyl (C=O) groups excluding carboxylic acids is 1. The molecule has 0 radical (unpaired) electrons. The normalized spacial score (nSPS) is 10.2. The van der Waals surface area contributed by atoms with E-state index in [4.69, 9.17) is 10.5 Å². The zero-order valence-corrected chi connectivity index (χ0v) is 15.2. The van der Waals surface area contributed by atoms with E-state index in [-0.39, 0.29) is 19.0 Å². The molecular weight excluding hydrogens is 364 g/mol. The van der Waals surface area contributed by atoms with Gasteiger partial charge in [0.05, 0.1) is 18.9 Å². The highest BCUT2D eigenvalue weighted by Crippen LogP contribution is 2.27. The van der Waals surface area contributed by atoms with Crippen LogP contribution in [-0.2, 0) is 0 Å². The van der Waals surface area contributed by atoms with Crippen LogP contribution >= 0.6 is 0 Å². The number of hydrogen-bond donors (Lipinski definition) is 1. The van der Waals surface area contributed by atoms with E-state index in [1.165, 1.54) is 10.9 Å². The summed E-state index contributed by atoms with van der Waals surface area (Å²) in [5.74, 6) is 0.695. The summed E-state index contributed by atoms with van der Waals surface area (Å²) in [7, 11) is 1.58. The zero-order chi connectivity index (χ0) is 19.5. The van der Waals surface area contributed by atoms with Gasteiger partial charge in [-0.25, -0.2) is 4.68 Å². The van der Waals surface area contributed by atoms with Crippen molar-refractivity contribution in [1.29, 1.82) is 0 Å². The number of benzene rings is 2. The van der Waals surface area contributed by atoms with Crippen molar-refractivity contribution in [3.63, 3.8) is 0 Å². The third-order valence-corrected chi connectivity index (χ3v) is 4.48. The third-order valence-electron chi connectivity index (χ3n) is 4.48. The maximum absolute atomic E-state index is 13.1. The van der Waals surface area contributed by atoms with E-state index in [1.54, 1.807) is 25.6 Å². The summed E-state index contributed by atoms with van der Waals surface area (Å²) in [6.07, 6.45) is 4.96. The Balaban J connectivity index is 0.00000240. The fourth-order valence-electron chi connectivity index (χ4n) is 3.06. The molecule has 29 heavy (non-hydrogen) atoms. The van der Waals surface area contributed by atoms with Gasteiger partial charge in [0.2, 0.25) is 0 Å². The van der Waals surface area contributed by atoms with Gasteiger partial charge >= 0.3 is 0 Å². The number of anilines is 1. The predicted molar refractivity (Wildman–Crippen MR) is 114 cm³/mol. The zero-order valence-electron chi connectivity index (χ0n) is 15.2. The van der Waals surface area contributed by atoms with Gasteiger partial charge in [-0.2, -0.15) is 5.10 Å². The van der Waals surface area contributed by atoms with Crippen LogP contribution in [0.5, 0.6) is 5.75 Å². The Morgan fingerprint density at radius 1 is 1.00 bits per heavy atom. The number of ketones is 1. The standard InChI is InChI=1S/C22H18N4O2.CH4/c1-28-20-10-3-2-9-19(20)26-22(23)18(14-25-26)21(27)16-7-4-6-15(12-16)17-8-5-11-24-13-17;/h2-14H,23H2,1H3;1H4. The van der Waals surface area contributed by atoms with E-state index in [2.05, 4.69) is 10.1 Å². The van der Waals surface area contributed by atoms with Gasteiger partial charge in [-0.15, -0.1) is 0 Å². The van der Waals surface area contributed by atoms with Crippen molar-refractivity contribution in [2.75, 3.05) is 12.8 Å². The molecule has 0 saturated carbocycles. The van der Waals surface area contributed by atoms with Crippen molar-refractivity contribution in [1.82, 2.24) is 14.8 Å². The largest absolute Gasteiger partial charge is 0.494 e. The van der Waals surface area contributed by atoms with Crippen molar-refractivity contribution in [2.24, 2.45) is 0 Å². The Hall–Kier alpha value is -3.93. The number of aromatic nitrogens is 3. The Kier molecular flexibility index (Phi) is 5.74. The molecule has 0 spiro atoms. The minimum Gasteiger partial charge on any atom is -0.494 e. The molecule has 0 unspecified atom stereocenters. The van der Waals surface area contributed by atoms with Crippen LogP contribution < -0.4 is 10.5 Å². The van der Waals surface area contributed by atoms with Gasteiger partial charge in [0, 0.05) is 23.5 Å². The summed E-state index contributed by atoms with van der Waals surface area (Å²) in [5.41, 5.74) is 9.66. The lowest BCUT2D eigenvalue weighted by molar-refractivity contribution is 0.103. The van der Waals surface area contributed by atoms with E-state index in [1.807, 2.05) is 54.6 Å². The molecule has 4 rings (SSSR count). The molecule has 0 saturated heterocycles. The molecule has 0 aliphatic carbocycles. The van der Waals surface area contributed by atoms with Crippen molar-refractivity contribution >= 4 is 11.6 Å². The molecule has 2 aromatic heterocycles. The van der Waals surface area contributed by atoms with Crippen LogP contribution in [0.4, 0.5) is 5.82 Å². The van der Waals surface area contributed by atoms with Crippen molar-refractivity contribution in [2.45, 2.75) is 7.43 Å². The van der Waals surface area contributed by atoms with E-state index in [0.717, 1.165) is 11.1 Å². The van der Waals surface area contributed by atoms with Crippen LogP contribution in [0.1, 0.15) is 23.3 Å². The average Bonchev–Trinajstić information content (AvgIpc) is 3.15. The van der Waals surface area contributed by atoms with Gasteiger partial charge in [0.1, 0.15) is 17.3 Å². The number of ether oxygens (including phenoxy) is 1. The minimum atomic E-state index is -0.190. The van der Waals surface area contributed by atoms with Gasteiger partial charge < -0.3 is 10.5 Å². The Morgan fingerprint density at radius 2 is 1.79 bits per heavy atom. The summed E-state index contributed by atoms with van der Waals surface area (Å²) in [4.78, 5) is 17.2. The number of para-hydroxylation sites is 2. The molecule has 6 heteroatoms. The molecule has 146 valence electrons. The molecule has 4 aromatic rings. The second kappa shape index (κ2) is 8.39. The smallest absolute Gasteiger partial charge is 0.198 e. The summed E-state index contributed by atoms with van der Waals surface area (Å²) in [6, 6.07) is 18.6.